The number of carboxylic acid groups (broad SMARTS) is 1. The molecule has 0 rings (SSSR count). The Balaban J connectivity index is 3.84. The van der Waals surface area contributed by atoms with E-state index >= 15 is 0 Å². The number of nitrogens with zero attached hydrogens (tertiary/aromatic N) is 2. The number of carboxylic acids is 1. The molecule has 0 bridgehead atoms. The third kappa shape index (κ3) is 8.81. The van der Waals surface area contributed by atoms with Gasteiger partial charge in [-0.15, -0.1) is 0 Å². The summed E-state index contributed by atoms with van der Waals surface area (Å²) in [6.45, 7) is 3.72. The summed E-state index contributed by atoms with van der Waals surface area (Å²) in [5.41, 5.74) is 0. The number of hydrogen-bond donors (Lipinski definition) is 2. The topological polar surface area (TPSA) is 72.9 Å². The maximum Gasteiger partial charge on any atom is 0.323 e. The first-order valence-electron chi connectivity index (χ1n) is 6.36. The zero-order valence-corrected chi connectivity index (χ0v) is 11.6. The average Bonchev–Trinajstić information content (AvgIpc) is 2.26. The molecule has 106 valence electrons. The SMILES string of the molecule is CCCN(CC(=O)O)C(=O)NCCCCN(C)C. The van der Waals surface area contributed by atoms with E-state index in [0.29, 0.717) is 13.1 Å². The van der Waals surface area contributed by atoms with Gasteiger partial charge in [0.2, 0.25) is 0 Å². The maximum absolute atomic E-state index is 11.7. The van der Waals surface area contributed by atoms with Crippen LogP contribution in [0, 0.1) is 0 Å². The van der Waals surface area contributed by atoms with E-state index in [-0.39, 0.29) is 12.6 Å². The molecular weight excluding hydrogens is 234 g/mol. The first-order valence-corrected chi connectivity index (χ1v) is 6.36. The Hall–Kier alpha value is -1.30. The van der Waals surface area contributed by atoms with Crippen molar-refractivity contribution in [2.75, 3.05) is 40.3 Å². The number of rotatable bonds is 9. The van der Waals surface area contributed by atoms with Crippen molar-refractivity contribution in [3.63, 3.8) is 0 Å². The van der Waals surface area contributed by atoms with Crippen LogP contribution in [0.15, 0.2) is 0 Å². The van der Waals surface area contributed by atoms with Gasteiger partial charge in [0.1, 0.15) is 6.54 Å². The van der Waals surface area contributed by atoms with Gasteiger partial charge in [-0.1, -0.05) is 6.92 Å². The molecule has 0 saturated carbocycles. The monoisotopic (exact) mass is 259 g/mol. The van der Waals surface area contributed by atoms with E-state index in [1.807, 2.05) is 21.0 Å². The first-order chi connectivity index (χ1) is 8.47. The molecule has 0 aliphatic rings. The van der Waals surface area contributed by atoms with Crippen molar-refractivity contribution < 1.29 is 14.7 Å². The van der Waals surface area contributed by atoms with E-state index in [1.54, 1.807) is 0 Å². The van der Waals surface area contributed by atoms with Crippen LogP contribution < -0.4 is 5.32 Å². The van der Waals surface area contributed by atoms with Gasteiger partial charge in [-0.2, -0.15) is 0 Å². The van der Waals surface area contributed by atoms with Gasteiger partial charge in [0.05, 0.1) is 0 Å². The number of amides is 2. The minimum Gasteiger partial charge on any atom is -0.480 e. The highest BCUT2D eigenvalue weighted by Gasteiger charge is 2.14. The van der Waals surface area contributed by atoms with Gasteiger partial charge < -0.3 is 20.2 Å². The Labute approximate surface area is 109 Å². The quantitative estimate of drug-likeness (QED) is 0.602. The molecule has 0 atom stereocenters. The standard InChI is InChI=1S/C12H25N3O3/c1-4-8-15(10-11(16)17)12(18)13-7-5-6-9-14(2)3/h4-10H2,1-3H3,(H,13,18)(H,16,17). The summed E-state index contributed by atoms with van der Waals surface area (Å²) >= 11 is 0. The van der Waals surface area contributed by atoms with Gasteiger partial charge >= 0.3 is 12.0 Å². The molecule has 0 spiro atoms. The number of nitrogens with one attached hydrogen (secondary N) is 1. The fourth-order valence-electron chi connectivity index (χ4n) is 1.55. The Kier molecular flexibility index (Phi) is 9.00. The molecule has 0 radical (unpaired) electrons. The Bertz CT molecular complexity index is 257. The van der Waals surface area contributed by atoms with Crippen LogP contribution in [-0.2, 0) is 4.79 Å². The second-order valence-corrected chi connectivity index (χ2v) is 4.56. The lowest BCUT2D eigenvalue weighted by Gasteiger charge is -2.20. The Morgan fingerprint density at radius 1 is 1.17 bits per heavy atom. The molecule has 0 aromatic heterocycles. The lowest BCUT2D eigenvalue weighted by atomic mass is 10.3. The van der Waals surface area contributed by atoms with Crippen LogP contribution in [-0.4, -0.2) is 67.2 Å². The Morgan fingerprint density at radius 3 is 2.33 bits per heavy atom. The van der Waals surface area contributed by atoms with E-state index in [9.17, 15) is 9.59 Å². The molecule has 0 heterocycles. The minimum absolute atomic E-state index is 0.239. The lowest BCUT2D eigenvalue weighted by Crippen LogP contribution is -2.43. The fraction of sp³-hybridized carbons (Fsp3) is 0.833. The molecule has 2 amide bonds. The van der Waals surface area contributed by atoms with Gasteiger partial charge in [-0.25, -0.2) is 4.79 Å². The molecule has 0 aliphatic heterocycles. The normalized spacial score (nSPS) is 10.4. The maximum atomic E-state index is 11.7. The second kappa shape index (κ2) is 9.70. The van der Waals surface area contributed by atoms with Crippen LogP contribution in [0.2, 0.25) is 0 Å². The third-order valence-electron chi connectivity index (χ3n) is 2.42. The number of carbonyl (C=O) groups is 2. The first kappa shape index (κ1) is 16.7. The van der Waals surface area contributed by atoms with Crippen LogP contribution in [0.1, 0.15) is 26.2 Å². The summed E-state index contributed by atoms with van der Waals surface area (Å²) in [5, 5.41) is 11.5. The molecule has 0 aromatic carbocycles. The van der Waals surface area contributed by atoms with Crippen molar-refractivity contribution in [1.29, 1.82) is 0 Å². The molecular formula is C12H25N3O3. The smallest absolute Gasteiger partial charge is 0.323 e. The van der Waals surface area contributed by atoms with Gasteiger partial charge in [0.15, 0.2) is 0 Å². The predicted molar refractivity (Wildman–Crippen MR) is 70.7 cm³/mol. The third-order valence-corrected chi connectivity index (χ3v) is 2.42. The summed E-state index contributed by atoms with van der Waals surface area (Å²) in [5.74, 6) is -0.980. The average molecular weight is 259 g/mol. The summed E-state index contributed by atoms with van der Waals surface area (Å²) in [7, 11) is 4.02. The number of unbranched alkanes of at least 4 members (excludes halogenated alkanes) is 1. The molecule has 0 aromatic rings. The van der Waals surface area contributed by atoms with Crippen LogP contribution in [0.4, 0.5) is 4.79 Å². The molecule has 0 aliphatic carbocycles. The molecule has 18 heavy (non-hydrogen) atoms. The van der Waals surface area contributed by atoms with Crippen LogP contribution in [0.5, 0.6) is 0 Å². The van der Waals surface area contributed by atoms with Crippen molar-refractivity contribution in [1.82, 2.24) is 15.1 Å². The van der Waals surface area contributed by atoms with E-state index < -0.39 is 5.97 Å². The molecule has 2 N–H and O–H groups in total. The van der Waals surface area contributed by atoms with Gasteiger partial charge in [0, 0.05) is 13.1 Å². The van der Waals surface area contributed by atoms with Gasteiger partial charge in [0.25, 0.3) is 0 Å². The number of carbonyl (C=O) groups excluding carboxylic acids is 1. The lowest BCUT2D eigenvalue weighted by molar-refractivity contribution is -0.137. The summed E-state index contributed by atoms with van der Waals surface area (Å²) in [6, 6.07) is -0.288. The number of urea groups is 1. The highest BCUT2D eigenvalue weighted by Crippen LogP contribution is 1.94. The molecule has 6 heteroatoms. The van der Waals surface area contributed by atoms with Gasteiger partial charge in [-0.3, -0.25) is 4.79 Å². The van der Waals surface area contributed by atoms with Crippen molar-refractivity contribution >= 4 is 12.0 Å². The zero-order valence-electron chi connectivity index (χ0n) is 11.6. The van der Waals surface area contributed by atoms with Crippen molar-refractivity contribution in [2.45, 2.75) is 26.2 Å². The molecule has 0 saturated heterocycles. The largest absolute Gasteiger partial charge is 0.480 e. The number of aliphatic carboxylic acids is 1. The summed E-state index contributed by atoms with van der Waals surface area (Å²) in [6.07, 6.45) is 2.66. The van der Waals surface area contributed by atoms with Crippen LogP contribution >= 0.6 is 0 Å². The van der Waals surface area contributed by atoms with Crippen molar-refractivity contribution in [3.05, 3.63) is 0 Å². The molecule has 0 fully saturated rings. The highest BCUT2D eigenvalue weighted by molar-refractivity contribution is 5.79. The van der Waals surface area contributed by atoms with E-state index in [4.69, 9.17) is 5.11 Å². The van der Waals surface area contributed by atoms with E-state index in [1.165, 1.54) is 4.90 Å². The molecule has 6 nitrogen and oxygen atoms in total. The van der Waals surface area contributed by atoms with Crippen LogP contribution in [0.3, 0.4) is 0 Å². The van der Waals surface area contributed by atoms with Crippen molar-refractivity contribution in [2.24, 2.45) is 0 Å². The van der Waals surface area contributed by atoms with E-state index in [0.717, 1.165) is 25.8 Å². The second-order valence-electron chi connectivity index (χ2n) is 4.56. The van der Waals surface area contributed by atoms with Gasteiger partial charge in [-0.05, 0) is 39.9 Å². The summed E-state index contributed by atoms with van der Waals surface area (Å²) < 4.78 is 0. The fourth-order valence-corrected chi connectivity index (χ4v) is 1.55. The Morgan fingerprint density at radius 2 is 1.83 bits per heavy atom. The van der Waals surface area contributed by atoms with Crippen molar-refractivity contribution in [3.8, 4) is 0 Å². The minimum atomic E-state index is -0.980. The summed E-state index contributed by atoms with van der Waals surface area (Å²) in [4.78, 5) is 25.7. The molecule has 0 unspecified atom stereocenters. The predicted octanol–water partition coefficient (Wildman–Crippen LogP) is 0.834. The highest BCUT2D eigenvalue weighted by atomic mass is 16.4. The zero-order chi connectivity index (χ0) is 14.0. The van der Waals surface area contributed by atoms with Crippen LogP contribution in [0.25, 0.3) is 0 Å². The van der Waals surface area contributed by atoms with E-state index in [2.05, 4.69) is 10.2 Å². The number of hydrogen-bond acceptors (Lipinski definition) is 3.